The second kappa shape index (κ2) is 5.11. The van der Waals surface area contributed by atoms with E-state index in [4.69, 9.17) is 0 Å². The van der Waals surface area contributed by atoms with Crippen molar-refractivity contribution in [3.63, 3.8) is 0 Å². The van der Waals surface area contributed by atoms with Gasteiger partial charge in [-0.25, -0.2) is 4.98 Å². The quantitative estimate of drug-likeness (QED) is 0.845. The second-order valence-electron chi connectivity index (χ2n) is 5.28. The Labute approximate surface area is 108 Å². The average molecular weight is 243 g/mol. The highest BCUT2D eigenvalue weighted by molar-refractivity contribution is 5.74. The molecule has 1 heterocycles. The summed E-state index contributed by atoms with van der Waals surface area (Å²) in [5, 5.41) is 3.69. The van der Waals surface area contributed by atoms with Crippen molar-refractivity contribution in [1.82, 2.24) is 14.9 Å². The van der Waals surface area contributed by atoms with Crippen molar-refractivity contribution in [3.8, 4) is 0 Å². The molecule has 0 amide bonds. The minimum atomic E-state index is 0.613. The molecule has 1 atom stereocenters. The number of rotatable bonds is 6. The van der Waals surface area contributed by atoms with Gasteiger partial charge in [-0.2, -0.15) is 0 Å². The Hall–Kier alpha value is -1.35. The van der Waals surface area contributed by atoms with Gasteiger partial charge < -0.3 is 9.88 Å². The fraction of sp³-hybridized carbons (Fsp3) is 0.533. The molecular weight excluding hydrogens is 222 g/mol. The summed E-state index contributed by atoms with van der Waals surface area (Å²) in [5.74, 6) is 0.873. The molecule has 2 aromatic rings. The van der Waals surface area contributed by atoms with Crippen LogP contribution in [0, 0.1) is 5.92 Å². The highest BCUT2D eigenvalue weighted by atomic mass is 15.1. The van der Waals surface area contributed by atoms with Crippen LogP contribution in [0.3, 0.4) is 0 Å². The highest BCUT2D eigenvalue weighted by Crippen LogP contribution is 2.33. The summed E-state index contributed by atoms with van der Waals surface area (Å²) in [7, 11) is 0. The maximum absolute atomic E-state index is 4.47. The van der Waals surface area contributed by atoms with Crippen LogP contribution in [0.2, 0.25) is 0 Å². The lowest BCUT2D eigenvalue weighted by atomic mass is 10.1. The molecule has 1 aromatic heterocycles. The first kappa shape index (κ1) is 11.7. The van der Waals surface area contributed by atoms with E-state index < -0.39 is 0 Å². The monoisotopic (exact) mass is 243 g/mol. The Morgan fingerprint density at radius 3 is 3.00 bits per heavy atom. The van der Waals surface area contributed by atoms with Gasteiger partial charge in [0, 0.05) is 12.6 Å². The first-order valence-corrected chi connectivity index (χ1v) is 7.01. The first-order valence-electron chi connectivity index (χ1n) is 7.01. The normalized spacial score (nSPS) is 17.2. The third-order valence-corrected chi connectivity index (χ3v) is 3.77. The van der Waals surface area contributed by atoms with Gasteiger partial charge in [0.2, 0.25) is 0 Å². The van der Waals surface area contributed by atoms with E-state index in [1.807, 2.05) is 12.4 Å². The van der Waals surface area contributed by atoms with Gasteiger partial charge in [0.25, 0.3) is 0 Å². The maximum Gasteiger partial charge on any atom is 0.0958 e. The zero-order chi connectivity index (χ0) is 12.4. The van der Waals surface area contributed by atoms with Crippen molar-refractivity contribution in [2.75, 3.05) is 6.54 Å². The number of hydrogen-bond acceptors (Lipinski definition) is 2. The summed E-state index contributed by atoms with van der Waals surface area (Å²) in [4.78, 5) is 4.47. The van der Waals surface area contributed by atoms with Crippen molar-refractivity contribution in [2.45, 2.75) is 38.8 Å². The third kappa shape index (κ3) is 2.41. The molecular formula is C15H21N3. The van der Waals surface area contributed by atoms with E-state index in [1.165, 1.54) is 24.8 Å². The van der Waals surface area contributed by atoms with Crippen molar-refractivity contribution in [1.29, 1.82) is 0 Å². The Kier molecular flexibility index (Phi) is 3.33. The van der Waals surface area contributed by atoms with Crippen molar-refractivity contribution >= 4 is 11.0 Å². The molecule has 1 aliphatic carbocycles. The second-order valence-corrected chi connectivity index (χ2v) is 5.28. The number of nitrogens with zero attached hydrogens (tertiary/aromatic N) is 2. The smallest absolute Gasteiger partial charge is 0.0958 e. The molecule has 1 saturated carbocycles. The topological polar surface area (TPSA) is 29.9 Å². The fourth-order valence-electron chi connectivity index (χ4n) is 2.58. The van der Waals surface area contributed by atoms with Crippen LogP contribution < -0.4 is 5.32 Å². The number of hydrogen-bond donors (Lipinski definition) is 1. The third-order valence-electron chi connectivity index (χ3n) is 3.77. The van der Waals surface area contributed by atoms with Crippen molar-refractivity contribution < 1.29 is 0 Å². The molecule has 0 radical (unpaired) electrons. The Morgan fingerprint density at radius 2 is 2.22 bits per heavy atom. The number of aromatic nitrogens is 2. The van der Waals surface area contributed by atoms with E-state index in [0.29, 0.717) is 6.04 Å². The van der Waals surface area contributed by atoms with Crippen LogP contribution in [-0.4, -0.2) is 22.1 Å². The number of para-hydroxylation sites is 2. The predicted molar refractivity (Wildman–Crippen MR) is 74.5 cm³/mol. The van der Waals surface area contributed by atoms with Crippen molar-refractivity contribution in [3.05, 3.63) is 30.6 Å². The van der Waals surface area contributed by atoms with Crippen LogP contribution in [0.1, 0.15) is 26.2 Å². The summed E-state index contributed by atoms with van der Waals surface area (Å²) < 4.78 is 2.29. The predicted octanol–water partition coefficient (Wildman–Crippen LogP) is 2.81. The first-order chi connectivity index (χ1) is 8.88. The van der Waals surface area contributed by atoms with Crippen LogP contribution in [0.5, 0.6) is 0 Å². The van der Waals surface area contributed by atoms with Crippen LogP contribution in [0.15, 0.2) is 30.6 Å². The highest BCUT2D eigenvalue weighted by Gasteiger charge is 2.30. The van der Waals surface area contributed by atoms with Crippen LogP contribution in [-0.2, 0) is 6.54 Å². The van der Waals surface area contributed by atoms with E-state index in [0.717, 1.165) is 24.5 Å². The van der Waals surface area contributed by atoms with Gasteiger partial charge in [-0.3, -0.25) is 0 Å². The van der Waals surface area contributed by atoms with Crippen LogP contribution in [0.4, 0.5) is 0 Å². The molecule has 1 N–H and O–H groups in total. The summed E-state index contributed by atoms with van der Waals surface area (Å²) in [5.41, 5.74) is 2.35. The molecule has 3 nitrogen and oxygen atoms in total. The number of imidazole rings is 1. The van der Waals surface area contributed by atoms with E-state index in [1.54, 1.807) is 0 Å². The van der Waals surface area contributed by atoms with Gasteiger partial charge in [-0.15, -0.1) is 0 Å². The lowest BCUT2D eigenvalue weighted by Crippen LogP contribution is -2.35. The van der Waals surface area contributed by atoms with E-state index in [2.05, 4.69) is 40.0 Å². The van der Waals surface area contributed by atoms with E-state index in [9.17, 15) is 0 Å². The number of fused-ring (bicyclic) bond motifs is 1. The van der Waals surface area contributed by atoms with E-state index in [-0.39, 0.29) is 0 Å². The Balaban J connectivity index is 1.77. The number of nitrogens with one attached hydrogen (secondary N) is 1. The fourth-order valence-corrected chi connectivity index (χ4v) is 2.58. The van der Waals surface area contributed by atoms with Gasteiger partial charge in [-0.05, 0) is 43.9 Å². The summed E-state index contributed by atoms with van der Waals surface area (Å²) >= 11 is 0. The molecule has 3 heteroatoms. The van der Waals surface area contributed by atoms with Gasteiger partial charge >= 0.3 is 0 Å². The molecule has 1 aliphatic rings. The van der Waals surface area contributed by atoms with Crippen LogP contribution in [0.25, 0.3) is 11.0 Å². The summed E-state index contributed by atoms with van der Waals surface area (Å²) in [6, 6.07) is 8.99. The molecule has 1 unspecified atom stereocenters. The van der Waals surface area contributed by atoms with Gasteiger partial charge in [0.15, 0.2) is 0 Å². The minimum absolute atomic E-state index is 0.613. The summed E-state index contributed by atoms with van der Waals surface area (Å²) in [6.45, 7) is 4.39. The van der Waals surface area contributed by atoms with Gasteiger partial charge in [-0.1, -0.05) is 19.1 Å². The molecule has 18 heavy (non-hydrogen) atoms. The molecule has 1 fully saturated rings. The SMILES string of the molecule is CCCNC(Cn1cnc2ccccc21)C1CC1. The zero-order valence-corrected chi connectivity index (χ0v) is 11.0. The maximum atomic E-state index is 4.47. The van der Waals surface area contributed by atoms with Gasteiger partial charge in [0.05, 0.1) is 17.4 Å². The molecule has 96 valence electrons. The lowest BCUT2D eigenvalue weighted by molar-refractivity contribution is 0.411. The van der Waals surface area contributed by atoms with E-state index >= 15 is 0 Å². The molecule has 1 aromatic carbocycles. The van der Waals surface area contributed by atoms with Gasteiger partial charge in [0.1, 0.15) is 0 Å². The van der Waals surface area contributed by atoms with Crippen LogP contribution >= 0.6 is 0 Å². The Bertz CT molecular complexity index is 513. The minimum Gasteiger partial charge on any atom is -0.329 e. The molecule has 0 bridgehead atoms. The molecule has 0 saturated heterocycles. The zero-order valence-electron chi connectivity index (χ0n) is 11.0. The van der Waals surface area contributed by atoms with Crippen molar-refractivity contribution in [2.24, 2.45) is 5.92 Å². The lowest BCUT2D eigenvalue weighted by Gasteiger charge is -2.19. The standard InChI is InChI=1S/C15H21N3/c1-2-9-16-14(12-7-8-12)10-18-11-17-13-5-3-4-6-15(13)18/h3-6,11-12,14,16H,2,7-10H2,1H3. The molecule has 3 rings (SSSR count). The Morgan fingerprint density at radius 1 is 1.39 bits per heavy atom. The molecule has 0 spiro atoms. The molecule has 0 aliphatic heterocycles. The number of benzene rings is 1. The average Bonchev–Trinajstić information content (AvgIpc) is 3.17. The summed E-state index contributed by atoms with van der Waals surface area (Å²) in [6.07, 6.45) is 5.95. The largest absolute Gasteiger partial charge is 0.329 e.